The topological polar surface area (TPSA) is 26.3 Å². The number of Topliss-reactive ketones (excluding diaryl/α,β-unsaturated/α-hetero) is 1. The normalized spacial score (nSPS) is 10.3. The Balaban J connectivity index is 2.45. The molecule has 0 radical (unpaired) electrons. The number of hydrogen-bond donors (Lipinski definition) is 0. The van der Waals surface area contributed by atoms with Crippen molar-refractivity contribution < 1.29 is 13.9 Å². The Bertz CT molecular complexity index is 643. The molecule has 98 valence electrons. The third-order valence-corrected chi connectivity index (χ3v) is 3.24. The first kappa shape index (κ1) is 14.0. The van der Waals surface area contributed by atoms with Crippen LogP contribution < -0.4 is 4.74 Å². The summed E-state index contributed by atoms with van der Waals surface area (Å²) >= 11 is 8.96. The van der Waals surface area contributed by atoms with Gasteiger partial charge in [0.05, 0.1) is 10.6 Å². The van der Waals surface area contributed by atoms with Crippen molar-refractivity contribution in [2.45, 2.75) is 6.92 Å². The smallest absolute Gasteiger partial charge is 0.184 e. The van der Waals surface area contributed by atoms with E-state index in [-0.39, 0.29) is 22.3 Å². The Morgan fingerprint density at radius 2 is 2.00 bits per heavy atom. The highest BCUT2D eigenvalue weighted by Gasteiger charge is 2.13. The molecule has 0 bridgehead atoms. The second kappa shape index (κ2) is 5.72. The summed E-state index contributed by atoms with van der Waals surface area (Å²) < 4.78 is 20.0. The van der Waals surface area contributed by atoms with Crippen LogP contribution >= 0.6 is 27.5 Å². The van der Waals surface area contributed by atoms with Crippen molar-refractivity contribution in [1.29, 1.82) is 0 Å². The van der Waals surface area contributed by atoms with Crippen LogP contribution in [0.4, 0.5) is 4.39 Å². The lowest BCUT2D eigenvalue weighted by Gasteiger charge is -2.11. The van der Waals surface area contributed by atoms with Gasteiger partial charge in [-0.05, 0) is 37.3 Å². The molecule has 0 aliphatic heterocycles. The highest BCUT2D eigenvalue weighted by molar-refractivity contribution is 9.10. The molecule has 19 heavy (non-hydrogen) atoms. The third kappa shape index (κ3) is 3.14. The van der Waals surface area contributed by atoms with E-state index in [4.69, 9.17) is 16.3 Å². The Hall–Kier alpha value is -1.39. The molecule has 0 aliphatic rings. The van der Waals surface area contributed by atoms with E-state index in [1.165, 1.54) is 19.1 Å². The Labute approximate surface area is 123 Å². The van der Waals surface area contributed by atoms with Crippen LogP contribution in [0.3, 0.4) is 0 Å². The Morgan fingerprint density at radius 3 is 2.68 bits per heavy atom. The first-order valence-corrected chi connectivity index (χ1v) is 6.58. The van der Waals surface area contributed by atoms with Gasteiger partial charge in [-0.25, -0.2) is 4.39 Å². The number of rotatable bonds is 3. The fraction of sp³-hybridized carbons (Fsp3) is 0.0714. The molecule has 2 aromatic carbocycles. The lowest BCUT2D eigenvalue weighted by molar-refractivity contribution is 0.101. The van der Waals surface area contributed by atoms with E-state index in [0.717, 1.165) is 4.47 Å². The number of carbonyl (C=O) groups is 1. The van der Waals surface area contributed by atoms with Crippen LogP contribution in [-0.4, -0.2) is 5.78 Å². The maximum atomic E-state index is 13.8. The van der Waals surface area contributed by atoms with Crippen molar-refractivity contribution in [1.82, 2.24) is 0 Å². The van der Waals surface area contributed by atoms with Gasteiger partial charge in [0, 0.05) is 4.47 Å². The monoisotopic (exact) mass is 342 g/mol. The molecule has 0 unspecified atom stereocenters. The molecule has 0 aromatic heterocycles. The summed E-state index contributed by atoms with van der Waals surface area (Å²) in [4.78, 5) is 11.5. The lowest BCUT2D eigenvalue weighted by Crippen LogP contribution is -1.98. The highest BCUT2D eigenvalue weighted by Crippen LogP contribution is 2.32. The van der Waals surface area contributed by atoms with Gasteiger partial charge in [0.1, 0.15) is 5.75 Å². The minimum absolute atomic E-state index is 0.0203. The number of ketones is 1. The van der Waals surface area contributed by atoms with Crippen molar-refractivity contribution in [3.63, 3.8) is 0 Å². The van der Waals surface area contributed by atoms with Crippen molar-refractivity contribution >= 4 is 33.3 Å². The first-order valence-electron chi connectivity index (χ1n) is 5.41. The molecule has 2 nitrogen and oxygen atoms in total. The molecule has 0 N–H and O–H groups in total. The molecule has 2 rings (SSSR count). The maximum Gasteiger partial charge on any atom is 0.184 e. The zero-order valence-corrected chi connectivity index (χ0v) is 12.3. The standard InChI is InChI=1S/C14H9BrClFO2/c1-8(18)10-6-5-9(15)7-13(10)19-12-4-2-3-11(16)14(12)17/h2-7H,1H3. The first-order chi connectivity index (χ1) is 8.99. The van der Waals surface area contributed by atoms with Gasteiger partial charge in [-0.1, -0.05) is 33.6 Å². The molecule has 0 heterocycles. The summed E-state index contributed by atoms with van der Waals surface area (Å²) in [6.45, 7) is 1.42. The number of halogens is 3. The van der Waals surface area contributed by atoms with Gasteiger partial charge in [0.15, 0.2) is 17.3 Å². The molecule has 0 aliphatic carbocycles. The van der Waals surface area contributed by atoms with Crippen LogP contribution in [0.5, 0.6) is 11.5 Å². The van der Waals surface area contributed by atoms with E-state index in [2.05, 4.69) is 15.9 Å². The van der Waals surface area contributed by atoms with E-state index in [1.54, 1.807) is 24.3 Å². The predicted octanol–water partition coefficient (Wildman–Crippen LogP) is 5.24. The Kier molecular flexibility index (Phi) is 4.22. The zero-order chi connectivity index (χ0) is 14.0. The predicted molar refractivity (Wildman–Crippen MR) is 75.6 cm³/mol. The van der Waals surface area contributed by atoms with Gasteiger partial charge in [-0.15, -0.1) is 0 Å². The molecule has 0 amide bonds. The van der Waals surface area contributed by atoms with Crippen LogP contribution in [0.15, 0.2) is 40.9 Å². The fourth-order valence-corrected chi connectivity index (χ4v) is 2.06. The average Bonchev–Trinajstić information content (AvgIpc) is 2.35. The molecule has 0 spiro atoms. The van der Waals surface area contributed by atoms with Crippen LogP contribution in [0.25, 0.3) is 0 Å². The fourth-order valence-electron chi connectivity index (χ4n) is 1.55. The molecule has 0 saturated carbocycles. The number of benzene rings is 2. The number of hydrogen-bond acceptors (Lipinski definition) is 2. The SMILES string of the molecule is CC(=O)c1ccc(Br)cc1Oc1cccc(Cl)c1F. The summed E-state index contributed by atoms with van der Waals surface area (Å²) in [5.74, 6) is -0.556. The summed E-state index contributed by atoms with van der Waals surface area (Å²) in [7, 11) is 0. The highest BCUT2D eigenvalue weighted by atomic mass is 79.9. The molecule has 5 heteroatoms. The van der Waals surface area contributed by atoms with E-state index in [0.29, 0.717) is 5.56 Å². The van der Waals surface area contributed by atoms with Crippen LogP contribution in [0.2, 0.25) is 5.02 Å². The van der Waals surface area contributed by atoms with Crippen LogP contribution in [0.1, 0.15) is 17.3 Å². The lowest BCUT2D eigenvalue weighted by atomic mass is 10.1. The molecular formula is C14H9BrClFO2. The van der Waals surface area contributed by atoms with Gasteiger partial charge in [0.25, 0.3) is 0 Å². The number of carbonyl (C=O) groups excluding carboxylic acids is 1. The van der Waals surface area contributed by atoms with Gasteiger partial charge in [-0.3, -0.25) is 4.79 Å². The summed E-state index contributed by atoms with van der Waals surface area (Å²) in [5, 5.41) is -0.0307. The summed E-state index contributed by atoms with van der Waals surface area (Å²) in [5.41, 5.74) is 0.377. The second-order valence-corrected chi connectivity index (χ2v) is 5.17. The Morgan fingerprint density at radius 1 is 1.26 bits per heavy atom. The van der Waals surface area contributed by atoms with Gasteiger partial charge >= 0.3 is 0 Å². The number of ether oxygens (including phenoxy) is 1. The van der Waals surface area contributed by atoms with Crippen LogP contribution in [-0.2, 0) is 0 Å². The molecule has 0 fully saturated rings. The molecular weight excluding hydrogens is 335 g/mol. The van der Waals surface area contributed by atoms with Gasteiger partial charge < -0.3 is 4.74 Å². The average molecular weight is 344 g/mol. The van der Waals surface area contributed by atoms with Gasteiger partial charge in [0.2, 0.25) is 0 Å². The minimum Gasteiger partial charge on any atom is -0.453 e. The summed E-state index contributed by atoms with van der Waals surface area (Å²) in [6.07, 6.45) is 0. The summed E-state index contributed by atoms with van der Waals surface area (Å²) in [6, 6.07) is 9.40. The van der Waals surface area contributed by atoms with E-state index >= 15 is 0 Å². The molecule has 0 saturated heterocycles. The minimum atomic E-state index is -0.654. The maximum absolute atomic E-state index is 13.8. The largest absolute Gasteiger partial charge is 0.453 e. The van der Waals surface area contributed by atoms with E-state index < -0.39 is 5.82 Å². The van der Waals surface area contributed by atoms with Crippen LogP contribution in [0, 0.1) is 5.82 Å². The zero-order valence-electron chi connectivity index (χ0n) is 9.91. The van der Waals surface area contributed by atoms with Gasteiger partial charge in [-0.2, -0.15) is 0 Å². The van der Waals surface area contributed by atoms with Crippen molar-refractivity contribution in [2.24, 2.45) is 0 Å². The van der Waals surface area contributed by atoms with Crippen molar-refractivity contribution in [3.8, 4) is 11.5 Å². The van der Waals surface area contributed by atoms with E-state index in [9.17, 15) is 9.18 Å². The van der Waals surface area contributed by atoms with Crippen molar-refractivity contribution in [3.05, 3.63) is 57.3 Å². The van der Waals surface area contributed by atoms with Crippen molar-refractivity contribution in [2.75, 3.05) is 0 Å². The molecule has 0 atom stereocenters. The quantitative estimate of drug-likeness (QED) is 0.713. The van der Waals surface area contributed by atoms with E-state index in [1.807, 2.05) is 0 Å². The third-order valence-electron chi connectivity index (χ3n) is 2.46. The molecule has 2 aromatic rings. The second-order valence-electron chi connectivity index (χ2n) is 3.85.